The number of carbonyl (C=O) groups excluding carboxylic acids is 1. The summed E-state index contributed by atoms with van der Waals surface area (Å²) in [6, 6.07) is 11.8. The molecule has 2 heterocycles. The molecule has 26 heavy (non-hydrogen) atoms. The topological polar surface area (TPSA) is 58.6 Å². The lowest BCUT2D eigenvalue weighted by Crippen LogP contribution is -2.53. The van der Waals surface area contributed by atoms with Crippen molar-refractivity contribution in [2.24, 2.45) is 0 Å². The van der Waals surface area contributed by atoms with E-state index >= 15 is 0 Å². The highest BCUT2D eigenvalue weighted by Gasteiger charge is 2.51. The molecule has 2 aliphatic heterocycles. The standard InChI is InChI=1S/C21H23NO4/c1-5-22(6-2)15-12-8-10-13-9-7-11-14(16(13)15)18(22)17-19(23)25-21(3,4)26-20(17)24/h7-12,18H,5-6H2,1-4H3. The molecule has 0 N–H and O–H groups in total. The first-order valence-electron chi connectivity index (χ1n) is 9.07. The number of cyclic esters (lactones) is 1. The largest absolute Gasteiger partial charge is 0.575 e. The van der Waals surface area contributed by atoms with Gasteiger partial charge in [-0.3, -0.25) is 4.48 Å². The summed E-state index contributed by atoms with van der Waals surface area (Å²) in [4.78, 5) is 12.8. The maximum atomic E-state index is 12.8. The summed E-state index contributed by atoms with van der Waals surface area (Å²) >= 11 is 0. The van der Waals surface area contributed by atoms with Crippen LogP contribution in [-0.2, 0) is 14.3 Å². The lowest BCUT2D eigenvalue weighted by atomic mass is 9.95. The first kappa shape index (κ1) is 16.9. The van der Waals surface area contributed by atoms with Crippen LogP contribution in [0.4, 0.5) is 5.69 Å². The van der Waals surface area contributed by atoms with Crippen molar-refractivity contribution in [2.45, 2.75) is 39.5 Å². The summed E-state index contributed by atoms with van der Waals surface area (Å²) in [5.74, 6) is -2.39. The highest BCUT2D eigenvalue weighted by molar-refractivity contribution is 6.02. The van der Waals surface area contributed by atoms with E-state index in [0.29, 0.717) is 4.48 Å². The van der Waals surface area contributed by atoms with Crippen LogP contribution in [0, 0.1) is 0 Å². The Hall–Kier alpha value is -2.53. The number of nitrogens with zero attached hydrogens (tertiary/aromatic N) is 1. The molecular formula is C21H23NO4. The molecule has 0 fully saturated rings. The fourth-order valence-electron chi connectivity index (χ4n) is 4.57. The van der Waals surface area contributed by atoms with E-state index in [2.05, 4.69) is 32.0 Å². The van der Waals surface area contributed by atoms with Gasteiger partial charge in [-0.25, -0.2) is 4.79 Å². The summed E-state index contributed by atoms with van der Waals surface area (Å²) in [5, 5.41) is 15.1. The number of likely N-dealkylation sites (N-methyl/N-ethyl adjacent to an activating group) is 1. The maximum Gasteiger partial charge on any atom is 0.343 e. The van der Waals surface area contributed by atoms with Gasteiger partial charge < -0.3 is 14.6 Å². The molecule has 0 spiro atoms. The number of rotatable bonds is 3. The Morgan fingerprint density at radius 2 is 1.73 bits per heavy atom. The van der Waals surface area contributed by atoms with Gasteiger partial charge in [0, 0.05) is 5.56 Å². The number of esters is 1. The van der Waals surface area contributed by atoms with E-state index in [4.69, 9.17) is 9.47 Å². The van der Waals surface area contributed by atoms with Crippen LogP contribution >= 0.6 is 0 Å². The highest BCUT2D eigenvalue weighted by Crippen LogP contribution is 2.53. The van der Waals surface area contributed by atoms with Crippen LogP contribution in [0.2, 0.25) is 0 Å². The molecule has 1 atom stereocenters. The summed E-state index contributed by atoms with van der Waals surface area (Å²) in [5.41, 5.74) is 2.23. The van der Waals surface area contributed by atoms with E-state index in [9.17, 15) is 9.90 Å². The van der Waals surface area contributed by atoms with Crippen molar-refractivity contribution >= 4 is 22.4 Å². The molecule has 0 radical (unpaired) electrons. The Morgan fingerprint density at radius 1 is 1.08 bits per heavy atom. The first-order valence-corrected chi connectivity index (χ1v) is 9.07. The zero-order chi connectivity index (χ0) is 18.7. The number of hydrogen-bond donors (Lipinski definition) is 0. The van der Waals surface area contributed by atoms with Gasteiger partial charge in [-0.1, -0.05) is 30.3 Å². The monoisotopic (exact) mass is 353 g/mol. The average Bonchev–Trinajstić information content (AvgIpc) is 2.86. The number of carbonyl (C=O) groups is 1. The predicted molar refractivity (Wildman–Crippen MR) is 97.8 cm³/mol. The second kappa shape index (κ2) is 5.48. The van der Waals surface area contributed by atoms with Gasteiger partial charge in [0.2, 0.25) is 0 Å². The van der Waals surface area contributed by atoms with Crippen LogP contribution in [-0.4, -0.2) is 24.8 Å². The molecule has 4 rings (SSSR count). The molecule has 0 aliphatic carbocycles. The molecule has 2 aliphatic rings. The summed E-state index contributed by atoms with van der Waals surface area (Å²) < 4.78 is 11.3. The Kier molecular flexibility index (Phi) is 3.57. The molecule has 1 unspecified atom stereocenters. The molecular weight excluding hydrogens is 330 g/mol. The van der Waals surface area contributed by atoms with Gasteiger partial charge in [-0.15, -0.1) is 0 Å². The van der Waals surface area contributed by atoms with Gasteiger partial charge in [0.25, 0.3) is 0 Å². The minimum atomic E-state index is -1.23. The van der Waals surface area contributed by atoms with E-state index in [0.717, 1.165) is 35.1 Å². The SMILES string of the molecule is CC[N+]1(CC)c2cccc3cccc(c23)C1C1=C([O-])OC(C)(C)OC1=O. The third kappa shape index (κ3) is 2.10. The molecule has 0 bridgehead atoms. The van der Waals surface area contributed by atoms with E-state index in [1.54, 1.807) is 13.8 Å². The zero-order valence-corrected chi connectivity index (χ0v) is 15.5. The zero-order valence-electron chi connectivity index (χ0n) is 15.5. The first-order chi connectivity index (χ1) is 12.3. The molecule has 0 saturated carbocycles. The second-order valence-electron chi connectivity index (χ2n) is 7.38. The van der Waals surface area contributed by atoms with E-state index in [1.165, 1.54) is 0 Å². The van der Waals surface area contributed by atoms with E-state index in [-0.39, 0.29) is 5.57 Å². The van der Waals surface area contributed by atoms with Crippen molar-refractivity contribution in [3.63, 3.8) is 0 Å². The van der Waals surface area contributed by atoms with Crippen LogP contribution in [0.3, 0.4) is 0 Å². The van der Waals surface area contributed by atoms with Crippen molar-refractivity contribution in [1.29, 1.82) is 0 Å². The minimum Gasteiger partial charge on any atom is -0.575 e. The number of benzene rings is 2. The van der Waals surface area contributed by atoms with Crippen molar-refractivity contribution in [3.8, 4) is 0 Å². The second-order valence-corrected chi connectivity index (χ2v) is 7.38. The van der Waals surface area contributed by atoms with Crippen molar-refractivity contribution in [2.75, 3.05) is 13.1 Å². The number of ether oxygens (including phenoxy) is 2. The molecule has 2 aromatic rings. The van der Waals surface area contributed by atoms with Crippen molar-refractivity contribution in [1.82, 2.24) is 4.48 Å². The summed E-state index contributed by atoms with van der Waals surface area (Å²) in [6.45, 7) is 8.83. The third-order valence-corrected chi connectivity index (χ3v) is 5.70. The maximum absolute atomic E-state index is 12.8. The van der Waals surface area contributed by atoms with Crippen LogP contribution in [0.25, 0.3) is 10.8 Å². The van der Waals surface area contributed by atoms with Crippen LogP contribution in [0.15, 0.2) is 47.9 Å². The smallest absolute Gasteiger partial charge is 0.343 e. The van der Waals surface area contributed by atoms with Crippen LogP contribution < -0.4 is 9.59 Å². The normalized spacial score (nSPS) is 23.1. The van der Waals surface area contributed by atoms with Gasteiger partial charge in [-0.05, 0) is 39.1 Å². The summed E-state index contributed by atoms with van der Waals surface area (Å²) in [7, 11) is 0. The average molecular weight is 353 g/mol. The van der Waals surface area contributed by atoms with Crippen molar-refractivity contribution in [3.05, 3.63) is 53.5 Å². The van der Waals surface area contributed by atoms with Crippen LogP contribution in [0.5, 0.6) is 0 Å². The Morgan fingerprint density at radius 3 is 2.35 bits per heavy atom. The van der Waals surface area contributed by atoms with E-state index < -0.39 is 23.7 Å². The molecule has 0 saturated heterocycles. The van der Waals surface area contributed by atoms with Gasteiger partial charge >= 0.3 is 5.97 Å². The van der Waals surface area contributed by atoms with Gasteiger partial charge in [0.05, 0.1) is 24.4 Å². The van der Waals surface area contributed by atoms with Crippen molar-refractivity contribution < 1.29 is 19.4 Å². The molecule has 2 aromatic carbocycles. The van der Waals surface area contributed by atoms with Gasteiger partial charge in [-0.2, -0.15) is 0 Å². The fraction of sp³-hybridized carbons (Fsp3) is 0.381. The van der Waals surface area contributed by atoms with Gasteiger partial charge in [0.15, 0.2) is 11.8 Å². The number of hydrogen-bond acceptors (Lipinski definition) is 4. The Balaban J connectivity index is 2.03. The fourth-order valence-corrected chi connectivity index (χ4v) is 4.57. The third-order valence-electron chi connectivity index (χ3n) is 5.70. The molecule has 0 aromatic heterocycles. The molecule has 5 nitrogen and oxygen atoms in total. The Bertz CT molecular complexity index is 935. The lowest BCUT2D eigenvalue weighted by Gasteiger charge is -2.45. The van der Waals surface area contributed by atoms with E-state index in [1.807, 2.05) is 18.2 Å². The molecule has 5 heteroatoms. The number of quaternary nitrogens is 1. The molecule has 136 valence electrons. The summed E-state index contributed by atoms with van der Waals surface area (Å²) in [6.07, 6.45) is 0. The van der Waals surface area contributed by atoms with Crippen LogP contribution in [0.1, 0.15) is 39.3 Å². The minimum absolute atomic E-state index is 0.0942. The quantitative estimate of drug-likeness (QED) is 0.628. The predicted octanol–water partition coefficient (Wildman–Crippen LogP) is 3.12. The highest BCUT2D eigenvalue weighted by atomic mass is 16.8. The lowest BCUT2D eigenvalue weighted by molar-refractivity contribution is -0.395. The van der Waals surface area contributed by atoms with Gasteiger partial charge in [0.1, 0.15) is 11.3 Å². The molecule has 0 amide bonds. The Labute approximate surface area is 153 Å².